The van der Waals surface area contributed by atoms with E-state index in [1.807, 2.05) is 28.8 Å². The molecule has 6 nitrogen and oxygen atoms in total. The molecule has 8 heteroatoms. The zero-order valence-corrected chi connectivity index (χ0v) is 21.1. The standard InChI is InChI=1S/C26H29N5OS2/c1-3-14-31-23(13-11-19-8-6-5-7-9-19)29-30-26(31)33-17-24(32)28-25-21(16-27)20-12-10-18(4-2)15-22(20)34-25/h3,5-9,18H,1,4,10-15,17H2,2H3,(H,28,32). The van der Waals surface area contributed by atoms with Gasteiger partial charge in [0.2, 0.25) is 5.91 Å². The van der Waals surface area contributed by atoms with E-state index in [1.54, 1.807) is 11.3 Å². The summed E-state index contributed by atoms with van der Waals surface area (Å²) in [7, 11) is 0. The Labute approximate surface area is 209 Å². The molecule has 1 aliphatic carbocycles. The number of aryl methyl sites for hydroxylation is 2. The number of nitrogens with one attached hydrogen (secondary N) is 1. The second-order valence-corrected chi connectivity index (χ2v) is 10.5. The summed E-state index contributed by atoms with van der Waals surface area (Å²) in [5, 5.41) is 22.8. The van der Waals surface area contributed by atoms with E-state index in [0.29, 0.717) is 28.2 Å². The molecule has 2 aromatic heterocycles. The van der Waals surface area contributed by atoms with Crippen LogP contribution in [0.4, 0.5) is 5.00 Å². The molecule has 1 amide bonds. The van der Waals surface area contributed by atoms with E-state index < -0.39 is 0 Å². The van der Waals surface area contributed by atoms with Crippen molar-refractivity contribution in [3.63, 3.8) is 0 Å². The number of anilines is 1. The number of fused-ring (bicyclic) bond motifs is 1. The van der Waals surface area contributed by atoms with E-state index in [1.165, 1.54) is 22.2 Å². The van der Waals surface area contributed by atoms with Crippen molar-refractivity contribution in [1.29, 1.82) is 5.26 Å². The lowest BCUT2D eigenvalue weighted by Gasteiger charge is -2.20. The Morgan fingerprint density at radius 3 is 2.91 bits per heavy atom. The van der Waals surface area contributed by atoms with Crippen LogP contribution in [0.2, 0.25) is 0 Å². The van der Waals surface area contributed by atoms with Crippen LogP contribution in [0.1, 0.15) is 47.2 Å². The van der Waals surface area contributed by atoms with Crippen LogP contribution in [-0.2, 0) is 37.0 Å². The molecule has 1 aliphatic rings. The maximum absolute atomic E-state index is 12.8. The van der Waals surface area contributed by atoms with E-state index in [-0.39, 0.29) is 11.7 Å². The average Bonchev–Trinajstić information content (AvgIpc) is 3.41. The number of nitriles is 1. The number of benzene rings is 1. The maximum Gasteiger partial charge on any atom is 0.235 e. The van der Waals surface area contributed by atoms with Gasteiger partial charge in [-0.15, -0.1) is 28.1 Å². The number of carbonyl (C=O) groups excluding carboxylic acids is 1. The number of amides is 1. The first-order chi connectivity index (χ1) is 16.6. The molecule has 1 N–H and O–H groups in total. The minimum Gasteiger partial charge on any atom is -0.316 e. The monoisotopic (exact) mass is 491 g/mol. The minimum atomic E-state index is -0.133. The van der Waals surface area contributed by atoms with Crippen molar-refractivity contribution in [3.8, 4) is 6.07 Å². The second kappa shape index (κ2) is 11.5. The molecule has 1 unspecified atom stereocenters. The Morgan fingerprint density at radius 2 is 2.18 bits per heavy atom. The van der Waals surface area contributed by atoms with Crippen LogP contribution in [0.15, 0.2) is 48.1 Å². The van der Waals surface area contributed by atoms with E-state index in [2.05, 4.69) is 47.2 Å². The van der Waals surface area contributed by atoms with Crippen molar-refractivity contribution < 1.29 is 4.79 Å². The highest BCUT2D eigenvalue weighted by Gasteiger charge is 2.26. The molecule has 0 saturated heterocycles. The highest BCUT2D eigenvalue weighted by atomic mass is 32.2. The van der Waals surface area contributed by atoms with Crippen molar-refractivity contribution in [1.82, 2.24) is 14.8 Å². The number of carbonyl (C=O) groups is 1. The van der Waals surface area contributed by atoms with Crippen molar-refractivity contribution in [2.75, 3.05) is 11.1 Å². The molecular weight excluding hydrogens is 462 g/mol. The van der Waals surface area contributed by atoms with Gasteiger partial charge in [0.15, 0.2) is 5.16 Å². The molecule has 1 aromatic carbocycles. The Balaban J connectivity index is 1.39. The lowest BCUT2D eigenvalue weighted by Crippen LogP contribution is -2.15. The number of nitrogens with zero attached hydrogens (tertiary/aromatic N) is 4. The molecular formula is C26H29N5OS2. The zero-order valence-electron chi connectivity index (χ0n) is 19.4. The van der Waals surface area contributed by atoms with Gasteiger partial charge in [0.05, 0.1) is 11.3 Å². The number of hydrogen-bond donors (Lipinski definition) is 1. The summed E-state index contributed by atoms with van der Waals surface area (Å²) >= 11 is 2.93. The van der Waals surface area contributed by atoms with Gasteiger partial charge in [-0.2, -0.15) is 5.26 Å². The molecule has 0 fully saturated rings. The summed E-state index contributed by atoms with van der Waals surface area (Å²) in [4.78, 5) is 14.0. The third-order valence-electron chi connectivity index (χ3n) is 6.23. The first-order valence-corrected chi connectivity index (χ1v) is 13.5. The number of aromatic nitrogens is 3. The van der Waals surface area contributed by atoms with Gasteiger partial charge in [-0.05, 0) is 42.7 Å². The van der Waals surface area contributed by atoms with E-state index in [9.17, 15) is 10.1 Å². The van der Waals surface area contributed by atoms with Gasteiger partial charge in [0.25, 0.3) is 0 Å². The van der Waals surface area contributed by atoms with Crippen molar-refractivity contribution in [2.24, 2.45) is 5.92 Å². The Morgan fingerprint density at radius 1 is 1.35 bits per heavy atom. The molecule has 0 radical (unpaired) electrons. The van der Waals surface area contributed by atoms with E-state index in [0.717, 1.165) is 49.9 Å². The van der Waals surface area contributed by atoms with Crippen LogP contribution in [0, 0.1) is 17.2 Å². The van der Waals surface area contributed by atoms with Crippen molar-refractivity contribution in [3.05, 3.63) is 70.4 Å². The first kappa shape index (κ1) is 24.2. The van der Waals surface area contributed by atoms with Gasteiger partial charge in [0.1, 0.15) is 16.9 Å². The summed E-state index contributed by atoms with van der Waals surface area (Å²) in [6.07, 6.45) is 7.65. The lowest BCUT2D eigenvalue weighted by atomic mass is 9.86. The molecule has 2 heterocycles. The molecule has 0 saturated carbocycles. The zero-order chi connectivity index (χ0) is 23.9. The van der Waals surface area contributed by atoms with Crippen LogP contribution in [0.25, 0.3) is 0 Å². The fourth-order valence-corrected chi connectivity index (χ4v) is 6.42. The molecule has 34 heavy (non-hydrogen) atoms. The number of thioether (sulfide) groups is 1. The molecule has 0 spiro atoms. The summed E-state index contributed by atoms with van der Waals surface area (Å²) < 4.78 is 2.02. The highest BCUT2D eigenvalue weighted by molar-refractivity contribution is 7.99. The molecule has 1 atom stereocenters. The van der Waals surface area contributed by atoms with Crippen molar-refractivity contribution in [2.45, 2.75) is 57.1 Å². The summed E-state index contributed by atoms with van der Waals surface area (Å²) in [5.41, 5.74) is 3.03. The number of rotatable bonds is 10. The van der Waals surface area contributed by atoms with E-state index in [4.69, 9.17) is 0 Å². The van der Waals surface area contributed by atoms with Gasteiger partial charge in [-0.3, -0.25) is 4.79 Å². The van der Waals surface area contributed by atoms with Gasteiger partial charge in [-0.25, -0.2) is 0 Å². The van der Waals surface area contributed by atoms with Crippen LogP contribution in [-0.4, -0.2) is 26.4 Å². The van der Waals surface area contributed by atoms with Gasteiger partial charge in [-0.1, -0.05) is 61.5 Å². The quantitative estimate of drug-likeness (QED) is 0.302. The molecule has 0 bridgehead atoms. The summed E-state index contributed by atoms with van der Waals surface area (Å²) in [6, 6.07) is 12.6. The molecule has 0 aliphatic heterocycles. The predicted octanol–water partition coefficient (Wildman–Crippen LogP) is 5.43. The Kier molecular flexibility index (Phi) is 8.20. The number of hydrogen-bond acceptors (Lipinski definition) is 6. The van der Waals surface area contributed by atoms with Crippen LogP contribution in [0.5, 0.6) is 0 Å². The third-order valence-corrected chi connectivity index (χ3v) is 8.36. The molecule has 4 rings (SSSR count). The fraction of sp³-hybridized carbons (Fsp3) is 0.385. The van der Waals surface area contributed by atoms with Crippen LogP contribution < -0.4 is 5.32 Å². The summed E-state index contributed by atoms with van der Waals surface area (Å²) in [5.74, 6) is 1.63. The average molecular weight is 492 g/mol. The predicted molar refractivity (Wildman–Crippen MR) is 138 cm³/mol. The number of allylic oxidation sites excluding steroid dienone is 1. The van der Waals surface area contributed by atoms with Crippen molar-refractivity contribution >= 4 is 34.0 Å². The molecule has 3 aromatic rings. The number of thiophene rings is 1. The highest BCUT2D eigenvalue weighted by Crippen LogP contribution is 2.40. The van der Waals surface area contributed by atoms with E-state index >= 15 is 0 Å². The fourth-order valence-electron chi connectivity index (χ4n) is 4.33. The first-order valence-electron chi connectivity index (χ1n) is 11.7. The summed E-state index contributed by atoms with van der Waals surface area (Å²) in [6.45, 7) is 6.66. The van der Waals surface area contributed by atoms with Crippen LogP contribution in [0.3, 0.4) is 0 Å². The van der Waals surface area contributed by atoms with Gasteiger partial charge in [0, 0.05) is 17.8 Å². The topological polar surface area (TPSA) is 83.6 Å². The smallest absolute Gasteiger partial charge is 0.235 e. The lowest BCUT2D eigenvalue weighted by molar-refractivity contribution is -0.113. The largest absolute Gasteiger partial charge is 0.316 e. The minimum absolute atomic E-state index is 0.133. The SMILES string of the molecule is C=CCn1c(CCc2ccccc2)nnc1SCC(=O)Nc1sc2c(c1C#N)CCC(CC)C2. The maximum atomic E-state index is 12.8. The Hall–Kier alpha value is -2.89. The Bertz CT molecular complexity index is 1190. The van der Waals surface area contributed by atoms with Gasteiger partial charge < -0.3 is 9.88 Å². The molecule has 176 valence electrons. The normalized spacial score (nSPS) is 14.9. The second-order valence-electron chi connectivity index (χ2n) is 8.46. The van der Waals surface area contributed by atoms with Crippen LogP contribution >= 0.6 is 23.1 Å². The third kappa shape index (κ3) is 5.60. The van der Waals surface area contributed by atoms with Gasteiger partial charge >= 0.3 is 0 Å².